The number of aromatic nitrogens is 6. The molecule has 0 aromatic carbocycles. The maximum atomic E-state index is 13.7. The smallest absolute Gasteiger partial charge is 0.329 e. The predicted octanol–water partition coefficient (Wildman–Crippen LogP) is 2.12. The van der Waals surface area contributed by atoms with E-state index in [4.69, 9.17) is 9.85 Å². The quantitative estimate of drug-likeness (QED) is 0.489. The maximum absolute atomic E-state index is 13.7. The van der Waals surface area contributed by atoms with Crippen molar-refractivity contribution in [2.24, 2.45) is 12.7 Å². The van der Waals surface area contributed by atoms with Gasteiger partial charge in [0.05, 0.1) is 23.4 Å². The summed E-state index contributed by atoms with van der Waals surface area (Å²) < 4.78 is 40.4. The van der Waals surface area contributed by atoms with Gasteiger partial charge in [0, 0.05) is 41.4 Å². The van der Waals surface area contributed by atoms with E-state index in [9.17, 15) is 14.0 Å². The zero-order chi connectivity index (χ0) is 25.3. The van der Waals surface area contributed by atoms with Crippen molar-refractivity contribution in [3.63, 3.8) is 0 Å². The van der Waals surface area contributed by atoms with Gasteiger partial charge in [0.1, 0.15) is 23.3 Å². The Morgan fingerprint density at radius 3 is 2.75 bits per heavy atom. The molecule has 0 radical (unpaired) electrons. The maximum Gasteiger partial charge on any atom is 0.329 e. The third kappa shape index (κ3) is 2.80. The lowest BCUT2D eigenvalue weighted by Crippen LogP contribution is -2.57. The molecule has 1 aliphatic rings. The molecule has 0 spiro atoms. The van der Waals surface area contributed by atoms with Gasteiger partial charge in [-0.2, -0.15) is 5.10 Å². The van der Waals surface area contributed by atoms with E-state index in [0.717, 1.165) is 4.57 Å². The highest BCUT2D eigenvalue weighted by molar-refractivity contribution is 5.87. The number of nitrogens with one attached hydrogen (secondary N) is 1. The van der Waals surface area contributed by atoms with Crippen LogP contribution in [0.2, 0.25) is 0 Å². The summed E-state index contributed by atoms with van der Waals surface area (Å²) in [6.07, 6.45) is 1.59. The van der Waals surface area contributed by atoms with Crippen LogP contribution < -0.4 is 16.7 Å². The first-order valence-electron chi connectivity index (χ1n) is 11.6. The van der Waals surface area contributed by atoms with Gasteiger partial charge in [0.2, 0.25) is 5.91 Å². The van der Waals surface area contributed by atoms with E-state index < -0.39 is 30.3 Å². The molecule has 0 bridgehead atoms. The zero-order valence-corrected chi connectivity index (χ0v) is 17.4. The number of halogens is 1. The van der Waals surface area contributed by atoms with Gasteiger partial charge in [-0.25, -0.2) is 23.8 Å². The largest absolute Gasteiger partial charge is 0.368 e. The van der Waals surface area contributed by atoms with Gasteiger partial charge in [-0.15, -0.1) is 0 Å². The van der Waals surface area contributed by atoms with Crippen LogP contribution in [0.5, 0.6) is 0 Å². The highest BCUT2D eigenvalue weighted by Crippen LogP contribution is 2.42. The molecule has 4 aromatic heterocycles. The number of hydrogen-bond donors (Lipinski definition) is 2. The van der Waals surface area contributed by atoms with Crippen LogP contribution in [-0.4, -0.2) is 41.0 Å². The Bertz CT molecular complexity index is 1530. The molecule has 1 aliphatic carbocycles. The van der Waals surface area contributed by atoms with Crippen molar-refractivity contribution in [2.75, 3.05) is 5.32 Å². The monoisotopic (exact) mass is 441 g/mol. The normalized spacial score (nSPS) is 22.5. The number of primary amides is 1. The fourth-order valence-electron chi connectivity index (χ4n) is 4.25. The van der Waals surface area contributed by atoms with E-state index in [2.05, 4.69) is 20.4 Å². The van der Waals surface area contributed by atoms with Gasteiger partial charge in [-0.05, 0) is 26.0 Å². The minimum absolute atomic E-state index is 0.0656. The molecule has 0 saturated heterocycles. The molecule has 0 unspecified atom stereocenters. The average molecular weight is 441 g/mol. The van der Waals surface area contributed by atoms with Crippen molar-refractivity contribution >= 4 is 39.6 Å². The first-order chi connectivity index (χ1) is 16.4. The van der Waals surface area contributed by atoms with Gasteiger partial charge in [0.25, 0.3) is 0 Å². The molecule has 11 heteroatoms. The van der Waals surface area contributed by atoms with Gasteiger partial charge >= 0.3 is 5.69 Å². The summed E-state index contributed by atoms with van der Waals surface area (Å²) >= 11 is 0. The molecular weight excluding hydrogens is 415 g/mol. The zero-order valence-electron chi connectivity index (χ0n) is 20.4. The van der Waals surface area contributed by atoms with Crippen molar-refractivity contribution in [2.45, 2.75) is 44.4 Å². The number of anilines is 2. The summed E-state index contributed by atoms with van der Waals surface area (Å²) in [6.45, 7) is 0.908. The summed E-state index contributed by atoms with van der Waals surface area (Å²) in [4.78, 5) is 33.8. The van der Waals surface area contributed by atoms with E-state index in [0.29, 0.717) is 28.2 Å². The third-order valence-electron chi connectivity index (χ3n) is 5.93. The number of nitrogens with zero attached hydrogens (tertiary/aromatic N) is 6. The Morgan fingerprint density at radius 1 is 1.31 bits per heavy atom. The Labute approximate surface area is 186 Å². The van der Waals surface area contributed by atoms with Crippen LogP contribution in [0.1, 0.15) is 36.8 Å². The second-order valence-corrected chi connectivity index (χ2v) is 8.33. The number of aryl methyl sites for hydroxylation is 1. The second kappa shape index (κ2) is 6.87. The minimum atomic E-state index is -2.66. The van der Waals surface area contributed by atoms with E-state index in [1.807, 2.05) is 0 Å². The summed E-state index contributed by atoms with van der Waals surface area (Å²) in [6, 6.07) is 4.70. The van der Waals surface area contributed by atoms with E-state index in [-0.39, 0.29) is 24.4 Å². The number of alkyl halides is 1. The molecule has 5 rings (SSSR count). The topological polar surface area (TPSA) is 126 Å². The molecule has 3 N–H and O–H groups in total. The van der Waals surface area contributed by atoms with Crippen LogP contribution in [0, 0.1) is 0 Å². The molecule has 166 valence electrons. The van der Waals surface area contributed by atoms with Gasteiger partial charge < -0.3 is 11.1 Å². The molecular formula is C21H23FN8O2. The molecule has 4 heterocycles. The van der Waals surface area contributed by atoms with Crippen molar-refractivity contribution in [1.82, 2.24) is 28.9 Å². The molecule has 10 nitrogen and oxygen atoms in total. The van der Waals surface area contributed by atoms with Gasteiger partial charge in [0.15, 0.2) is 5.65 Å². The molecule has 1 fully saturated rings. The van der Waals surface area contributed by atoms with E-state index in [1.165, 1.54) is 21.6 Å². The molecule has 1 amide bonds. The Kier molecular flexibility index (Phi) is 3.62. The van der Waals surface area contributed by atoms with Crippen molar-refractivity contribution in [3.05, 3.63) is 41.1 Å². The van der Waals surface area contributed by atoms with Crippen LogP contribution in [-0.2, 0) is 17.3 Å². The van der Waals surface area contributed by atoms with Crippen molar-refractivity contribution in [3.8, 4) is 0 Å². The van der Waals surface area contributed by atoms with Gasteiger partial charge in [-0.3, -0.25) is 13.9 Å². The van der Waals surface area contributed by atoms with E-state index >= 15 is 0 Å². The molecule has 1 saturated carbocycles. The first kappa shape index (κ1) is 16.9. The van der Waals surface area contributed by atoms with Crippen molar-refractivity contribution in [1.29, 1.82) is 0 Å². The lowest BCUT2D eigenvalue weighted by atomic mass is 9.74. The minimum Gasteiger partial charge on any atom is -0.368 e. The molecule has 0 aliphatic heterocycles. The number of hydrogen-bond acceptors (Lipinski definition) is 6. The number of amides is 1. The fraction of sp³-hybridized carbons (Fsp3) is 0.381. The molecule has 4 aromatic rings. The van der Waals surface area contributed by atoms with Crippen LogP contribution in [0.25, 0.3) is 22.1 Å². The number of nitrogens with two attached hydrogens (primary N) is 1. The number of carbonyl (C=O) groups excluding carboxylic acids is 1. The predicted molar refractivity (Wildman–Crippen MR) is 117 cm³/mol. The Balaban J connectivity index is 1.57. The SMILES string of the molecule is [2H]C([2H])([2H])n1c(=O)n(C(C)C)c2cc(Nc3ccc4cnn(C5(C(N)=O)CC(F)C5)c4n3)ncc21. The summed E-state index contributed by atoms with van der Waals surface area (Å²) in [5, 5.41) is 7.94. The highest BCUT2D eigenvalue weighted by atomic mass is 19.1. The molecule has 32 heavy (non-hydrogen) atoms. The number of pyridine rings is 2. The molecule has 0 atom stereocenters. The standard InChI is InChI=1S/C21H23FN8O2/c1-11(2)29-14-6-17(24-10-15(14)28(3)20(29)32)26-16-5-4-12-9-25-30(18(12)27-16)21(19(23)31)7-13(22)8-21/h4-6,9-11,13H,7-8H2,1-3H3,(H2,23,31)(H,24,26,27)/i3D3. The summed E-state index contributed by atoms with van der Waals surface area (Å²) in [5.41, 5.74) is 4.61. The Hall–Kier alpha value is -3.76. The number of imidazole rings is 1. The summed E-state index contributed by atoms with van der Waals surface area (Å²) in [5.74, 6) is 0.00855. The summed E-state index contributed by atoms with van der Waals surface area (Å²) in [7, 11) is 0. The van der Waals surface area contributed by atoms with Gasteiger partial charge in [-0.1, -0.05) is 0 Å². The number of carbonyl (C=O) groups is 1. The van der Waals surface area contributed by atoms with Crippen LogP contribution in [0.4, 0.5) is 16.0 Å². The first-order valence-corrected chi connectivity index (χ1v) is 10.1. The fourth-order valence-corrected chi connectivity index (χ4v) is 4.25. The second-order valence-electron chi connectivity index (χ2n) is 8.33. The third-order valence-corrected chi connectivity index (χ3v) is 5.93. The van der Waals surface area contributed by atoms with Crippen molar-refractivity contribution < 1.29 is 13.3 Å². The highest BCUT2D eigenvalue weighted by Gasteiger charge is 2.53. The lowest BCUT2D eigenvalue weighted by molar-refractivity contribution is -0.135. The Morgan fingerprint density at radius 2 is 2.09 bits per heavy atom. The number of fused-ring (bicyclic) bond motifs is 2. The van der Waals surface area contributed by atoms with Crippen LogP contribution >= 0.6 is 0 Å². The van der Waals surface area contributed by atoms with Crippen LogP contribution in [0.3, 0.4) is 0 Å². The lowest BCUT2D eigenvalue weighted by Gasteiger charge is -2.41. The van der Waals surface area contributed by atoms with E-state index in [1.54, 1.807) is 32.0 Å². The number of rotatable bonds is 5. The average Bonchev–Trinajstić information content (AvgIpc) is 3.28. The van der Waals surface area contributed by atoms with Crippen LogP contribution in [0.15, 0.2) is 35.4 Å².